The number of aryl methyl sites for hydroxylation is 1. The van der Waals surface area contributed by atoms with E-state index in [0.29, 0.717) is 5.69 Å². The Kier molecular flexibility index (Phi) is 3.64. The molecule has 2 N–H and O–H groups in total. The van der Waals surface area contributed by atoms with Crippen LogP contribution in [0.4, 0.5) is 0 Å². The maximum atomic E-state index is 10.6. The lowest BCUT2D eigenvalue weighted by molar-refractivity contribution is 0.111. The quantitative estimate of drug-likeness (QED) is 0.652. The molecule has 0 aromatic carbocycles. The summed E-state index contributed by atoms with van der Waals surface area (Å²) in [5.74, 6) is 0. The normalized spacial score (nSPS) is 10.3. The number of nitrogens with one attached hydrogen (secondary N) is 2. The van der Waals surface area contributed by atoms with E-state index in [9.17, 15) is 4.79 Å². The predicted octanol–water partition coefficient (Wildman–Crippen LogP) is 0.546. The molecule has 0 fully saturated rings. The summed E-state index contributed by atoms with van der Waals surface area (Å²) in [6.45, 7) is 2.92. The van der Waals surface area contributed by atoms with Gasteiger partial charge in [-0.05, 0) is 26.4 Å². The van der Waals surface area contributed by atoms with Crippen molar-refractivity contribution in [2.45, 2.75) is 19.8 Å². The Bertz CT molecular complexity index is 280. The largest absolute Gasteiger partial charge is 0.319 e. The van der Waals surface area contributed by atoms with Crippen molar-refractivity contribution < 1.29 is 4.79 Å². The zero-order chi connectivity index (χ0) is 9.68. The number of nitrogens with zero attached hydrogens (tertiary/aromatic N) is 1. The fourth-order valence-corrected chi connectivity index (χ4v) is 1.34. The Balaban J connectivity index is 2.84. The van der Waals surface area contributed by atoms with E-state index >= 15 is 0 Å². The SMILES string of the molecule is CCc1[nH]nc(C=O)c1CCNC. The first kappa shape index (κ1) is 9.92. The molecule has 0 bridgehead atoms. The van der Waals surface area contributed by atoms with E-state index in [1.165, 1.54) is 0 Å². The second kappa shape index (κ2) is 4.77. The Morgan fingerprint density at radius 1 is 1.62 bits per heavy atom. The van der Waals surface area contributed by atoms with Crippen molar-refractivity contribution in [1.82, 2.24) is 15.5 Å². The molecule has 0 saturated carbocycles. The first-order chi connectivity index (χ1) is 6.33. The van der Waals surface area contributed by atoms with Gasteiger partial charge in [0, 0.05) is 11.3 Å². The predicted molar refractivity (Wildman–Crippen MR) is 51.0 cm³/mol. The average molecular weight is 181 g/mol. The summed E-state index contributed by atoms with van der Waals surface area (Å²) < 4.78 is 0. The van der Waals surface area contributed by atoms with Crippen molar-refractivity contribution in [3.8, 4) is 0 Å². The molecule has 1 rings (SSSR count). The maximum Gasteiger partial charge on any atom is 0.170 e. The van der Waals surface area contributed by atoms with Crippen molar-refractivity contribution in [2.24, 2.45) is 0 Å². The molecule has 0 unspecified atom stereocenters. The lowest BCUT2D eigenvalue weighted by Crippen LogP contribution is -2.11. The van der Waals surface area contributed by atoms with Crippen molar-refractivity contribution in [1.29, 1.82) is 0 Å². The molecule has 1 aromatic heterocycles. The summed E-state index contributed by atoms with van der Waals surface area (Å²) in [5.41, 5.74) is 2.66. The molecule has 0 aliphatic carbocycles. The number of hydrogen-bond acceptors (Lipinski definition) is 3. The number of aromatic amines is 1. The van der Waals surface area contributed by atoms with Crippen LogP contribution in [0.3, 0.4) is 0 Å². The molecule has 0 radical (unpaired) electrons. The highest BCUT2D eigenvalue weighted by atomic mass is 16.1. The molecular weight excluding hydrogens is 166 g/mol. The summed E-state index contributed by atoms with van der Waals surface area (Å²) in [7, 11) is 1.90. The monoisotopic (exact) mass is 181 g/mol. The van der Waals surface area contributed by atoms with Gasteiger partial charge in [0.25, 0.3) is 0 Å². The third kappa shape index (κ3) is 2.15. The minimum absolute atomic E-state index is 0.548. The number of carbonyl (C=O) groups excluding carboxylic acids is 1. The lowest BCUT2D eigenvalue weighted by atomic mass is 10.1. The highest BCUT2D eigenvalue weighted by Gasteiger charge is 2.09. The topological polar surface area (TPSA) is 57.8 Å². The van der Waals surface area contributed by atoms with Crippen LogP contribution in [0.2, 0.25) is 0 Å². The summed E-state index contributed by atoms with van der Waals surface area (Å²) in [6, 6.07) is 0. The summed E-state index contributed by atoms with van der Waals surface area (Å²) >= 11 is 0. The minimum Gasteiger partial charge on any atom is -0.319 e. The molecule has 0 spiro atoms. The van der Waals surface area contributed by atoms with Gasteiger partial charge in [0.05, 0.1) is 0 Å². The molecule has 0 amide bonds. The Morgan fingerprint density at radius 3 is 2.92 bits per heavy atom. The van der Waals surface area contributed by atoms with Crippen LogP contribution in [0.1, 0.15) is 28.7 Å². The molecule has 0 atom stereocenters. The molecule has 0 aliphatic heterocycles. The minimum atomic E-state index is 0.548. The Hall–Kier alpha value is -1.16. The van der Waals surface area contributed by atoms with E-state index in [1.54, 1.807) is 0 Å². The third-order valence-electron chi connectivity index (χ3n) is 2.07. The lowest BCUT2D eigenvalue weighted by Gasteiger charge is -2.00. The summed E-state index contributed by atoms with van der Waals surface area (Å²) in [4.78, 5) is 10.6. The second-order valence-electron chi connectivity index (χ2n) is 2.89. The average Bonchev–Trinajstić information content (AvgIpc) is 2.56. The van der Waals surface area contributed by atoms with Crippen LogP contribution in [0.25, 0.3) is 0 Å². The number of rotatable bonds is 5. The van der Waals surface area contributed by atoms with Crippen molar-refractivity contribution >= 4 is 6.29 Å². The van der Waals surface area contributed by atoms with Gasteiger partial charge in [0.2, 0.25) is 0 Å². The fourth-order valence-electron chi connectivity index (χ4n) is 1.34. The molecule has 0 saturated heterocycles. The van der Waals surface area contributed by atoms with Gasteiger partial charge < -0.3 is 5.32 Å². The Morgan fingerprint density at radius 2 is 2.38 bits per heavy atom. The standard InChI is InChI=1S/C9H15N3O/c1-3-8-7(4-5-10-2)9(6-13)12-11-8/h6,10H,3-5H2,1-2H3,(H,11,12). The van der Waals surface area contributed by atoms with E-state index in [2.05, 4.69) is 15.5 Å². The van der Waals surface area contributed by atoms with Crippen LogP contribution in [-0.2, 0) is 12.8 Å². The fraction of sp³-hybridized carbons (Fsp3) is 0.556. The zero-order valence-electron chi connectivity index (χ0n) is 8.05. The van der Waals surface area contributed by atoms with E-state index < -0.39 is 0 Å². The number of hydrogen-bond donors (Lipinski definition) is 2. The van der Waals surface area contributed by atoms with E-state index in [4.69, 9.17) is 0 Å². The van der Waals surface area contributed by atoms with Gasteiger partial charge >= 0.3 is 0 Å². The third-order valence-corrected chi connectivity index (χ3v) is 2.07. The van der Waals surface area contributed by atoms with Gasteiger partial charge in [-0.15, -0.1) is 0 Å². The van der Waals surface area contributed by atoms with Crippen LogP contribution >= 0.6 is 0 Å². The summed E-state index contributed by atoms with van der Waals surface area (Å²) in [6.07, 6.45) is 2.55. The highest BCUT2D eigenvalue weighted by Crippen LogP contribution is 2.10. The van der Waals surface area contributed by atoms with Gasteiger partial charge in [0.15, 0.2) is 6.29 Å². The van der Waals surface area contributed by atoms with Crippen LogP contribution < -0.4 is 5.32 Å². The number of carbonyl (C=O) groups is 1. The van der Waals surface area contributed by atoms with Crippen LogP contribution in [0, 0.1) is 0 Å². The van der Waals surface area contributed by atoms with Crippen LogP contribution in [0.15, 0.2) is 0 Å². The van der Waals surface area contributed by atoms with Crippen molar-refractivity contribution in [2.75, 3.05) is 13.6 Å². The smallest absolute Gasteiger partial charge is 0.170 e. The number of aldehydes is 1. The first-order valence-electron chi connectivity index (χ1n) is 4.49. The maximum absolute atomic E-state index is 10.6. The zero-order valence-corrected chi connectivity index (χ0v) is 8.05. The van der Waals surface area contributed by atoms with Gasteiger partial charge in [0.1, 0.15) is 5.69 Å². The van der Waals surface area contributed by atoms with Crippen LogP contribution in [0.5, 0.6) is 0 Å². The van der Waals surface area contributed by atoms with Gasteiger partial charge in [-0.25, -0.2) is 0 Å². The molecule has 4 heteroatoms. The van der Waals surface area contributed by atoms with Crippen molar-refractivity contribution in [3.05, 3.63) is 17.0 Å². The molecule has 13 heavy (non-hydrogen) atoms. The van der Waals surface area contributed by atoms with Crippen molar-refractivity contribution in [3.63, 3.8) is 0 Å². The van der Waals surface area contributed by atoms with Crippen LogP contribution in [-0.4, -0.2) is 30.1 Å². The molecule has 4 nitrogen and oxygen atoms in total. The molecule has 0 aliphatic rings. The second-order valence-corrected chi connectivity index (χ2v) is 2.89. The molecule has 1 aromatic rings. The van der Waals surface area contributed by atoms with E-state index in [1.807, 2.05) is 14.0 Å². The molecular formula is C9H15N3O. The van der Waals surface area contributed by atoms with E-state index in [0.717, 1.165) is 36.9 Å². The summed E-state index contributed by atoms with van der Waals surface area (Å²) in [5, 5.41) is 9.86. The van der Waals surface area contributed by atoms with Gasteiger partial charge in [-0.1, -0.05) is 6.92 Å². The number of aromatic nitrogens is 2. The highest BCUT2D eigenvalue weighted by molar-refractivity contribution is 5.74. The van der Waals surface area contributed by atoms with Gasteiger partial charge in [-0.3, -0.25) is 9.89 Å². The Labute approximate surface area is 77.7 Å². The molecule has 1 heterocycles. The first-order valence-corrected chi connectivity index (χ1v) is 4.49. The van der Waals surface area contributed by atoms with E-state index in [-0.39, 0.29) is 0 Å². The van der Waals surface area contributed by atoms with Gasteiger partial charge in [-0.2, -0.15) is 5.10 Å². The number of H-pyrrole nitrogens is 1. The molecule has 72 valence electrons. The number of likely N-dealkylation sites (N-methyl/N-ethyl adjacent to an activating group) is 1.